The van der Waals surface area contributed by atoms with E-state index in [9.17, 15) is 8.42 Å². The highest BCUT2D eigenvalue weighted by Gasteiger charge is 2.19. The summed E-state index contributed by atoms with van der Waals surface area (Å²) in [6.45, 7) is 4.98. The summed E-state index contributed by atoms with van der Waals surface area (Å²) in [5.74, 6) is 0. The van der Waals surface area contributed by atoms with Gasteiger partial charge in [-0.1, -0.05) is 32.6 Å². The maximum absolute atomic E-state index is 12.3. The van der Waals surface area contributed by atoms with Crippen LogP contribution in [0.5, 0.6) is 0 Å². The van der Waals surface area contributed by atoms with Gasteiger partial charge < -0.3 is 5.32 Å². The molecule has 1 heterocycles. The van der Waals surface area contributed by atoms with Gasteiger partial charge in [0.1, 0.15) is 4.21 Å². The molecule has 0 aromatic carbocycles. The van der Waals surface area contributed by atoms with Gasteiger partial charge in [0.2, 0.25) is 10.0 Å². The highest BCUT2D eigenvalue weighted by atomic mass is 32.2. The Labute approximate surface area is 133 Å². The van der Waals surface area contributed by atoms with E-state index in [2.05, 4.69) is 17.0 Å². The third-order valence-electron chi connectivity index (χ3n) is 3.37. The zero-order valence-corrected chi connectivity index (χ0v) is 14.9. The summed E-state index contributed by atoms with van der Waals surface area (Å²) in [6, 6.07) is 3.61. The molecule has 1 atom stereocenters. The standard InChI is InChI=1S/C15H28N2O2S2/c1-4-5-6-7-8-13(2)17-21(18,19)15-10-9-14(20-15)11-12-16-3/h9-10,13,16-17H,4-8,11-12H2,1-3H3. The van der Waals surface area contributed by atoms with E-state index in [1.165, 1.54) is 30.6 Å². The number of rotatable bonds is 11. The predicted molar refractivity (Wildman–Crippen MR) is 90.5 cm³/mol. The van der Waals surface area contributed by atoms with Crippen LogP contribution in [0.1, 0.15) is 50.8 Å². The molecule has 0 aliphatic rings. The molecule has 1 rings (SSSR count). The zero-order chi connectivity index (χ0) is 15.7. The lowest BCUT2D eigenvalue weighted by molar-refractivity contribution is 0.523. The molecule has 0 aliphatic carbocycles. The summed E-state index contributed by atoms with van der Waals surface area (Å²) in [4.78, 5) is 1.10. The first kappa shape index (κ1) is 18.6. The minimum absolute atomic E-state index is 0.00489. The van der Waals surface area contributed by atoms with Gasteiger partial charge in [0.05, 0.1) is 0 Å². The van der Waals surface area contributed by atoms with Gasteiger partial charge in [-0.05, 0) is 45.5 Å². The fraction of sp³-hybridized carbons (Fsp3) is 0.733. The van der Waals surface area contributed by atoms with Gasteiger partial charge in [0, 0.05) is 10.9 Å². The summed E-state index contributed by atoms with van der Waals surface area (Å²) >= 11 is 1.36. The van der Waals surface area contributed by atoms with Crippen molar-refractivity contribution < 1.29 is 8.42 Å². The predicted octanol–water partition coefficient (Wildman–Crippen LogP) is 3.15. The van der Waals surface area contributed by atoms with E-state index in [0.29, 0.717) is 4.21 Å². The van der Waals surface area contributed by atoms with Gasteiger partial charge in [-0.15, -0.1) is 11.3 Å². The van der Waals surface area contributed by atoms with Crippen LogP contribution in [-0.4, -0.2) is 28.1 Å². The van der Waals surface area contributed by atoms with Gasteiger partial charge in [0.25, 0.3) is 0 Å². The molecule has 2 N–H and O–H groups in total. The second-order valence-corrected chi connectivity index (χ2v) is 8.56. The van der Waals surface area contributed by atoms with E-state index in [4.69, 9.17) is 0 Å². The van der Waals surface area contributed by atoms with Crippen molar-refractivity contribution in [3.63, 3.8) is 0 Å². The van der Waals surface area contributed by atoms with Crippen molar-refractivity contribution in [2.45, 2.75) is 62.6 Å². The monoisotopic (exact) mass is 332 g/mol. The fourth-order valence-electron chi connectivity index (χ4n) is 2.14. The number of unbranched alkanes of at least 4 members (excludes halogenated alkanes) is 3. The number of sulfonamides is 1. The van der Waals surface area contributed by atoms with E-state index >= 15 is 0 Å². The van der Waals surface area contributed by atoms with Crippen molar-refractivity contribution in [3.8, 4) is 0 Å². The third-order valence-corrected chi connectivity index (χ3v) is 6.60. The minimum Gasteiger partial charge on any atom is -0.319 e. The lowest BCUT2D eigenvalue weighted by Crippen LogP contribution is -2.32. The van der Waals surface area contributed by atoms with Crippen LogP contribution in [-0.2, 0) is 16.4 Å². The Balaban J connectivity index is 2.50. The first-order chi connectivity index (χ1) is 9.99. The Morgan fingerprint density at radius 3 is 2.67 bits per heavy atom. The van der Waals surface area contributed by atoms with Crippen molar-refractivity contribution in [3.05, 3.63) is 17.0 Å². The summed E-state index contributed by atoms with van der Waals surface area (Å²) in [5.41, 5.74) is 0. The van der Waals surface area contributed by atoms with E-state index in [1.807, 2.05) is 20.0 Å². The maximum Gasteiger partial charge on any atom is 0.250 e. The highest BCUT2D eigenvalue weighted by Crippen LogP contribution is 2.22. The van der Waals surface area contributed by atoms with Crippen molar-refractivity contribution in [1.29, 1.82) is 0 Å². The van der Waals surface area contributed by atoms with E-state index in [-0.39, 0.29) is 6.04 Å². The Morgan fingerprint density at radius 2 is 2.00 bits per heavy atom. The topological polar surface area (TPSA) is 58.2 Å². The quantitative estimate of drug-likeness (QED) is 0.612. The lowest BCUT2D eigenvalue weighted by Gasteiger charge is -2.13. The van der Waals surface area contributed by atoms with Gasteiger partial charge in [-0.2, -0.15) is 0 Å². The lowest BCUT2D eigenvalue weighted by atomic mass is 10.1. The molecule has 0 fully saturated rings. The second-order valence-electron chi connectivity index (χ2n) is 5.45. The Hall–Kier alpha value is -0.430. The molecule has 1 aromatic heterocycles. The van der Waals surface area contributed by atoms with Crippen LogP contribution < -0.4 is 10.0 Å². The molecule has 0 amide bonds. The third kappa shape index (κ3) is 6.91. The van der Waals surface area contributed by atoms with E-state index < -0.39 is 10.0 Å². The highest BCUT2D eigenvalue weighted by molar-refractivity contribution is 7.91. The second kappa shape index (κ2) is 9.56. The first-order valence-electron chi connectivity index (χ1n) is 7.75. The molecule has 0 saturated carbocycles. The first-order valence-corrected chi connectivity index (χ1v) is 10.0. The van der Waals surface area contributed by atoms with Crippen molar-refractivity contribution in [1.82, 2.24) is 10.0 Å². The molecule has 21 heavy (non-hydrogen) atoms. The van der Waals surface area contributed by atoms with Crippen LogP contribution >= 0.6 is 11.3 Å². The summed E-state index contributed by atoms with van der Waals surface area (Å²) in [5, 5.41) is 3.07. The van der Waals surface area contributed by atoms with Crippen molar-refractivity contribution in [2.24, 2.45) is 0 Å². The average Bonchev–Trinajstić information content (AvgIpc) is 2.90. The smallest absolute Gasteiger partial charge is 0.250 e. The fourth-order valence-corrected chi connectivity index (χ4v) is 4.79. The minimum atomic E-state index is -3.36. The number of hydrogen-bond donors (Lipinski definition) is 2. The molecule has 6 heteroatoms. The molecule has 0 radical (unpaired) electrons. The average molecular weight is 333 g/mol. The Morgan fingerprint density at radius 1 is 1.24 bits per heavy atom. The number of nitrogens with one attached hydrogen (secondary N) is 2. The maximum atomic E-state index is 12.3. The van der Waals surface area contributed by atoms with Crippen LogP contribution in [0.3, 0.4) is 0 Å². The molecule has 0 spiro atoms. The molecular formula is C15H28N2O2S2. The van der Waals surface area contributed by atoms with E-state index in [0.717, 1.165) is 30.7 Å². The molecular weight excluding hydrogens is 304 g/mol. The molecule has 0 bridgehead atoms. The van der Waals surface area contributed by atoms with E-state index in [1.54, 1.807) is 6.07 Å². The van der Waals surface area contributed by atoms with Crippen LogP contribution in [0.15, 0.2) is 16.3 Å². The van der Waals surface area contributed by atoms with Crippen LogP contribution in [0.4, 0.5) is 0 Å². The number of hydrogen-bond acceptors (Lipinski definition) is 4. The van der Waals surface area contributed by atoms with Crippen molar-refractivity contribution in [2.75, 3.05) is 13.6 Å². The van der Waals surface area contributed by atoms with Gasteiger partial charge in [0.15, 0.2) is 0 Å². The largest absolute Gasteiger partial charge is 0.319 e. The molecule has 122 valence electrons. The van der Waals surface area contributed by atoms with Gasteiger partial charge in [-0.3, -0.25) is 0 Å². The van der Waals surface area contributed by atoms with Crippen LogP contribution in [0.25, 0.3) is 0 Å². The Bertz CT molecular complexity index is 498. The van der Waals surface area contributed by atoms with Crippen molar-refractivity contribution >= 4 is 21.4 Å². The molecule has 0 saturated heterocycles. The Kier molecular flexibility index (Phi) is 8.48. The summed E-state index contributed by atoms with van der Waals surface area (Å²) in [6.07, 6.45) is 6.44. The number of thiophene rings is 1. The SMILES string of the molecule is CCCCCCC(C)NS(=O)(=O)c1ccc(CCNC)s1. The van der Waals surface area contributed by atoms with Crippen LogP contribution in [0, 0.1) is 0 Å². The number of likely N-dealkylation sites (N-methyl/N-ethyl adjacent to an activating group) is 1. The van der Waals surface area contributed by atoms with Crippen LogP contribution in [0.2, 0.25) is 0 Å². The molecule has 1 aromatic rings. The molecule has 0 aliphatic heterocycles. The summed E-state index contributed by atoms with van der Waals surface area (Å²) < 4.78 is 27.8. The van der Waals surface area contributed by atoms with Gasteiger partial charge >= 0.3 is 0 Å². The van der Waals surface area contributed by atoms with Gasteiger partial charge in [-0.25, -0.2) is 13.1 Å². The summed E-state index contributed by atoms with van der Waals surface area (Å²) in [7, 11) is -1.46. The zero-order valence-electron chi connectivity index (χ0n) is 13.3. The normalized spacial score (nSPS) is 13.5. The molecule has 1 unspecified atom stereocenters. The molecule has 4 nitrogen and oxygen atoms in total.